The zero-order chi connectivity index (χ0) is 13.4. The highest BCUT2D eigenvalue weighted by atomic mass is 16.5. The molecule has 6 nitrogen and oxygen atoms in total. The molecule has 0 aromatic heterocycles. The van der Waals surface area contributed by atoms with Gasteiger partial charge in [-0.3, -0.25) is 9.59 Å². The van der Waals surface area contributed by atoms with E-state index < -0.39 is 12.1 Å². The quantitative estimate of drug-likeness (QED) is 0.561. The van der Waals surface area contributed by atoms with E-state index in [1.54, 1.807) is 7.11 Å². The van der Waals surface area contributed by atoms with Crippen molar-refractivity contribution in [1.29, 1.82) is 0 Å². The lowest BCUT2D eigenvalue weighted by Gasteiger charge is -2.18. The fraction of sp³-hybridized carbons (Fsp3) is 0.833. The van der Waals surface area contributed by atoms with Gasteiger partial charge in [0, 0.05) is 20.3 Å². The second kappa shape index (κ2) is 8.05. The second-order valence-electron chi connectivity index (χ2n) is 4.59. The predicted octanol–water partition coefficient (Wildman–Crippen LogP) is -0.475. The van der Waals surface area contributed by atoms with Gasteiger partial charge < -0.3 is 21.1 Å². The van der Waals surface area contributed by atoms with E-state index in [0.717, 1.165) is 19.3 Å². The van der Waals surface area contributed by atoms with Crippen LogP contribution in [0.5, 0.6) is 0 Å². The Hall–Kier alpha value is -1.14. The molecule has 0 saturated carbocycles. The number of carbonyl (C=O) groups is 2. The number of nitrogens with one attached hydrogen (secondary N) is 2. The van der Waals surface area contributed by atoms with Crippen molar-refractivity contribution in [3.63, 3.8) is 0 Å². The average Bonchev–Trinajstić information content (AvgIpc) is 2.55. The molecule has 1 aliphatic rings. The largest absolute Gasteiger partial charge is 0.385 e. The number of methoxy groups -OCH3 is 1. The van der Waals surface area contributed by atoms with Crippen LogP contribution in [-0.2, 0) is 14.3 Å². The molecule has 1 aliphatic heterocycles. The normalized spacial score (nSPS) is 21.9. The first-order valence-electron chi connectivity index (χ1n) is 6.47. The second-order valence-corrected chi connectivity index (χ2v) is 4.59. The lowest BCUT2D eigenvalue weighted by molar-refractivity contribution is -0.129. The van der Waals surface area contributed by atoms with Crippen molar-refractivity contribution in [1.82, 2.24) is 10.6 Å². The fourth-order valence-electron chi connectivity index (χ4n) is 1.93. The summed E-state index contributed by atoms with van der Waals surface area (Å²) in [6.07, 6.45) is 3.87. The Morgan fingerprint density at radius 3 is 3.11 bits per heavy atom. The van der Waals surface area contributed by atoms with Crippen LogP contribution in [0.1, 0.15) is 32.1 Å². The van der Waals surface area contributed by atoms with Crippen LogP contribution in [0.4, 0.5) is 0 Å². The van der Waals surface area contributed by atoms with E-state index in [1.165, 1.54) is 0 Å². The first kappa shape index (κ1) is 14.9. The lowest BCUT2D eigenvalue weighted by atomic mass is 10.1. The third-order valence-electron chi connectivity index (χ3n) is 3.05. The highest BCUT2D eigenvalue weighted by Crippen LogP contribution is 2.06. The van der Waals surface area contributed by atoms with Crippen molar-refractivity contribution in [3.05, 3.63) is 0 Å². The van der Waals surface area contributed by atoms with Crippen molar-refractivity contribution in [2.24, 2.45) is 5.73 Å². The molecule has 2 amide bonds. The molecule has 1 heterocycles. The molecular formula is C12H23N3O3. The van der Waals surface area contributed by atoms with Gasteiger partial charge in [-0.15, -0.1) is 0 Å². The number of hydrogen-bond donors (Lipinski definition) is 3. The highest BCUT2D eigenvalue weighted by Gasteiger charge is 2.24. The summed E-state index contributed by atoms with van der Waals surface area (Å²) in [7, 11) is 1.61. The van der Waals surface area contributed by atoms with Crippen LogP contribution in [0.3, 0.4) is 0 Å². The molecule has 2 unspecified atom stereocenters. The monoisotopic (exact) mass is 257 g/mol. The third-order valence-corrected chi connectivity index (χ3v) is 3.05. The van der Waals surface area contributed by atoms with Crippen molar-refractivity contribution < 1.29 is 14.3 Å². The number of nitrogens with two attached hydrogens (primary N) is 1. The minimum absolute atomic E-state index is 0.107. The van der Waals surface area contributed by atoms with Crippen LogP contribution in [0.25, 0.3) is 0 Å². The predicted molar refractivity (Wildman–Crippen MR) is 67.9 cm³/mol. The average molecular weight is 257 g/mol. The van der Waals surface area contributed by atoms with E-state index in [0.29, 0.717) is 26.0 Å². The summed E-state index contributed by atoms with van der Waals surface area (Å²) in [5.74, 6) is -0.363. The Labute approximate surface area is 108 Å². The summed E-state index contributed by atoms with van der Waals surface area (Å²) < 4.78 is 4.90. The summed E-state index contributed by atoms with van der Waals surface area (Å²) in [4.78, 5) is 23.5. The van der Waals surface area contributed by atoms with Gasteiger partial charge in [-0.2, -0.15) is 0 Å². The molecule has 1 rings (SSSR count). The number of hydrogen-bond acceptors (Lipinski definition) is 4. The van der Waals surface area contributed by atoms with E-state index in [4.69, 9.17) is 10.5 Å². The van der Waals surface area contributed by atoms with E-state index in [9.17, 15) is 9.59 Å². The zero-order valence-electron chi connectivity index (χ0n) is 10.9. The molecule has 6 heteroatoms. The number of rotatable bonds is 6. The van der Waals surface area contributed by atoms with Gasteiger partial charge in [0.05, 0.1) is 6.04 Å². The maximum absolute atomic E-state index is 11.8. The fourth-order valence-corrected chi connectivity index (χ4v) is 1.93. The van der Waals surface area contributed by atoms with E-state index in [1.807, 2.05) is 0 Å². The number of carbonyl (C=O) groups excluding carboxylic acids is 2. The smallest absolute Gasteiger partial charge is 0.242 e. The topological polar surface area (TPSA) is 93.4 Å². The van der Waals surface area contributed by atoms with Gasteiger partial charge in [0.1, 0.15) is 6.04 Å². The van der Waals surface area contributed by atoms with E-state index >= 15 is 0 Å². The standard InChI is InChI=1S/C12H23N3O3/c1-18-8-4-5-9(13)11(16)15-10-6-2-3-7-14-12(10)17/h9-10H,2-8,13H2,1H3,(H,14,17)(H,15,16). The summed E-state index contributed by atoms with van der Waals surface area (Å²) >= 11 is 0. The molecule has 2 atom stereocenters. The van der Waals surface area contributed by atoms with E-state index in [-0.39, 0.29) is 11.8 Å². The van der Waals surface area contributed by atoms with Crippen LogP contribution in [0, 0.1) is 0 Å². The maximum atomic E-state index is 11.8. The molecule has 0 bridgehead atoms. The molecule has 0 aromatic rings. The van der Waals surface area contributed by atoms with Crippen LogP contribution >= 0.6 is 0 Å². The Morgan fingerprint density at radius 2 is 2.39 bits per heavy atom. The van der Waals surface area contributed by atoms with Gasteiger partial charge >= 0.3 is 0 Å². The van der Waals surface area contributed by atoms with Gasteiger partial charge in [-0.05, 0) is 32.1 Å². The Kier molecular flexibility index (Phi) is 6.67. The summed E-state index contributed by atoms with van der Waals surface area (Å²) in [6.45, 7) is 1.27. The third kappa shape index (κ3) is 5.01. The lowest BCUT2D eigenvalue weighted by Crippen LogP contribution is -2.50. The highest BCUT2D eigenvalue weighted by molar-refractivity contribution is 5.89. The summed E-state index contributed by atoms with van der Waals surface area (Å²) in [6, 6.07) is -1.01. The van der Waals surface area contributed by atoms with Crippen LogP contribution in [0.15, 0.2) is 0 Å². The molecule has 0 radical (unpaired) electrons. The zero-order valence-corrected chi connectivity index (χ0v) is 10.9. The van der Waals surface area contributed by atoms with Gasteiger partial charge in [0.15, 0.2) is 0 Å². The number of ether oxygens (including phenoxy) is 1. The number of amides is 2. The molecule has 4 N–H and O–H groups in total. The molecule has 0 spiro atoms. The summed E-state index contributed by atoms with van der Waals surface area (Å²) in [5.41, 5.74) is 5.76. The van der Waals surface area contributed by atoms with Gasteiger partial charge in [0.2, 0.25) is 11.8 Å². The Bertz CT molecular complexity index is 284. The van der Waals surface area contributed by atoms with Crippen LogP contribution < -0.4 is 16.4 Å². The van der Waals surface area contributed by atoms with Crippen molar-refractivity contribution >= 4 is 11.8 Å². The van der Waals surface area contributed by atoms with Gasteiger partial charge in [-0.1, -0.05) is 0 Å². The van der Waals surface area contributed by atoms with Crippen molar-refractivity contribution in [3.8, 4) is 0 Å². The van der Waals surface area contributed by atoms with Crippen molar-refractivity contribution in [2.75, 3.05) is 20.3 Å². The van der Waals surface area contributed by atoms with Gasteiger partial charge in [0.25, 0.3) is 0 Å². The minimum atomic E-state index is -0.573. The molecule has 104 valence electrons. The molecular weight excluding hydrogens is 234 g/mol. The van der Waals surface area contributed by atoms with E-state index in [2.05, 4.69) is 10.6 Å². The maximum Gasteiger partial charge on any atom is 0.242 e. The minimum Gasteiger partial charge on any atom is -0.385 e. The van der Waals surface area contributed by atoms with Crippen LogP contribution in [-0.4, -0.2) is 44.2 Å². The summed E-state index contributed by atoms with van der Waals surface area (Å²) in [5, 5.41) is 5.50. The molecule has 0 aliphatic carbocycles. The molecule has 0 aromatic carbocycles. The molecule has 18 heavy (non-hydrogen) atoms. The Morgan fingerprint density at radius 1 is 1.61 bits per heavy atom. The van der Waals surface area contributed by atoms with Gasteiger partial charge in [-0.25, -0.2) is 0 Å². The first-order chi connectivity index (χ1) is 8.65. The van der Waals surface area contributed by atoms with Crippen LogP contribution in [0.2, 0.25) is 0 Å². The SMILES string of the molecule is COCCCC(N)C(=O)NC1CCCCNC1=O. The first-order valence-corrected chi connectivity index (χ1v) is 6.47. The molecule has 1 fully saturated rings. The Balaban J connectivity index is 2.35. The van der Waals surface area contributed by atoms with Crippen molar-refractivity contribution in [2.45, 2.75) is 44.2 Å². The molecule has 1 saturated heterocycles.